The van der Waals surface area contributed by atoms with Gasteiger partial charge in [-0.1, -0.05) is 36.4 Å². The van der Waals surface area contributed by atoms with Gasteiger partial charge in [-0.25, -0.2) is 13.4 Å². The molecule has 1 heterocycles. The summed E-state index contributed by atoms with van der Waals surface area (Å²) in [7, 11) is -3.51. The maximum atomic E-state index is 12.3. The summed E-state index contributed by atoms with van der Waals surface area (Å²) in [5, 5.41) is -0.0470. The van der Waals surface area contributed by atoms with Crippen LogP contribution in [0.25, 0.3) is 11.0 Å². The second-order valence-electron chi connectivity index (χ2n) is 4.53. The average molecular weight is 287 g/mol. The zero-order valence-corrected chi connectivity index (χ0v) is 11.4. The number of fused-ring (bicyclic) bond motifs is 1. The quantitative estimate of drug-likeness (QED) is 0.722. The number of nitrogens with two attached hydrogens (primary N) is 1. The topological polar surface area (TPSA) is 88.8 Å². The molecule has 1 aromatic heterocycles. The average Bonchev–Trinajstić information content (AvgIpc) is 2.86. The Labute approximate surface area is 116 Å². The number of nitrogen functional groups attached to an aromatic ring is 1. The lowest BCUT2D eigenvalue weighted by molar-refractivity contribution is 0.588. The number of anilines is 1. The first-order chi connectivity index (χ1) is 9.56. The highest BCUT2D eigenvalue weighted by atomic mass is 32.2. The fraction of sp³-hybridized carbons (Fsp3) is 0.0714. The molecule has 102 valence electrons. The zero-order chi connectivity index (χ0) is 14.2. The van der Waals surface area contributed by atoms with E-state index in [-0.39, 0.29) is 10.9 Å². The Morgan fingerprint density at radius 3 is 2.50 bits per heavy atom. The van der Waals surface area contributed by atoms with E-state index in [0.29, 0.717) is 16.7 Å². The van der Waals surface area contributed by atoms with E-state index >= 15 is 0 Å². The number of para-hydroxylation sites is 1. The van der Waals surface area contributed by atoms with Crippen LogP contribution in [0.4, 0.5) is 5.69 Å². The van der Waals surface area contributed by atoms with E-state index in [1.54, 1.807) is 30.3 Å². The van der Waals surface area contributed by atoms with E-state index < -0.39 is 9.84 Å². The van der Waals surface area contributed by atoms with E-state index in [0.717, 1.165) is 5.56 Å². The van der Waals surface area contributed by atoms with E-state index in [4.69, 9.17) is 5.73 Å². The van der Waals surface area contributed by atoms with Crippen LogP contribution in [-0.4, -0.2) is 18.4 Å². The molecular weight excluding hydrogens is 274 g/mol. The van der Waals surface area contributed by atoms with Gasteiger partial charge in [0.05, 0.1) is 17.0 Å². The molecule has 5 nitrogen and oxygen atoms in total. The number of aromatic amines is 1. The number of rotatable bonds is 3. The van der Waals surface area contributed by atoms with Crippen molar-refractivity contribution >= 4 is 26.6 Å². The standard InChI is InChI=1S/C14H13N3O2S/c15-11-7-4-8-12-13(11)17-14(16-12)20(18,19)9-10-5-2-1-3-6-10/h1-8H,9,15H2,(H,16,17). The lowest BCUT2D eigenvalue weighted by Crippen LogP contribution is -2.06. The molecule has 0 radical (unpaired) electrons. The molecule has 0 saturated carbocycles. The van der Waals surface area contributed by atoms with Crippen LogP contribution in [0.3, 0.4) is 0 Å². The molecule has 3 aromatic rings. The van der Waals surface area contributed by atoms with Crippen molar-refractivity contribution in [3.8, 4) is 0 Å². The molecule has 20 heavy (non-hydrogen) atoms. The molecule has 0 spiro atoms. The number of nitrogens with one attached hydrogen (secondary N) is 1. The summed E-state index contributed by atoms with van der Waals surface area (Å²) in [6.45, 7) is 0. The number of nitrogens with zero attached hydrogens (tertiary/aromatic N) is 1. The third-order valence-electron chi connectivity index (χ3n) is 3.02. The van der Waals surface area contributed by atoms with Crippen molar-refractivity contribution in [3.63, 3.8) is 0 Å². The van der Waals surface area contributed by atoms with Gasteiger partial charge in [0, 0.05) is 0 Å². The maximum absolute atomic E-state index is 12.3. The van der Waals surface area contributed by atoms with Crippen LogP contribution in [0.15, 0.2) is 53.7 Å². The fourth-order valence-electron chi connectivity index (χ4n) is 2.04. The van der Waals surface area contributed by atoms with Crippen molar-refractivity contribution in [1.29, 1.82) is 0 Å². The van der Waals surface area contributed by atoms with Gasteiger partial charge in [-0.05, 0) is 17.7 Å². The molecule has 6 heteroatoms. The van der Waals surface area contributed by atoms with Crippen molar-refractivity contribution in [1.82, 2.24) is 9.97 Å². The van der Waals surface area contributed by atoms with Crippen molar-refractivity contribution in [2.45, 2.75) is 10.9 Å². The summed E-state index contributed by atoms with van der Waals surface area (Å²) in [6.07, 6.45) is 0. The maximum Gasteiger partial charge on any atom is 0.226 e. The predicted molar refractivity (Wildman–Crippen MR) is 77.8 cm³/mol. The minimum absolute atomic E-state index is 0.0470. The molecule has 0 amide bonds. The highest BCUT2D eigenvalue weighted by molar-refractivity contribution is 7.90. The number of H-pyrrole nitrogens is 1. The van der Waals surface area contributed by atoms with Gasteiger partial charge in [-0.2, -0.15) is 0 Å². The van der Waals surface area contributed by atoms with Gasteiger partial charge < -0.3 is 10.7 Å². The highest BCUT2D eigenvalue weighted by Crippen LogP contribution is 2.22. The third-order valence-corrected chi connectivity index (χ3v) is 4.51. The fourth-order valence-corrected chi connectivity index (χ4v) is 3.30. The predicted octanol–water partition coefficient (Wildman–Crippen LogP) is 2.12. The van der Waals surface area contributed by atoms with E-state index in [2.05, 4.69) is 9.97 Å². The molecule has 0 fully saturated rings. The van der Waals surface area contributed by atoms with E-state index in [9.17, 15) is 8.42 Å². The largest absolute Gasteiger partial charge is 0.397 e. The third kappa shape index (κ3) is 2.25. The lowest BCUT2D eigenvalue weighted by Gasteiger charge is -2.00. The summed E-state index contributed by atoms with van der Waals surface area (Å²) in [4.78, 5) is 6.93. The minimum atomic E-state index is -3.51. The van der Waals surface area contributed by atoms with Gasteiger partial charge in [-0.15, -0.1) is 0 Å². The Morgan fingerprint density at radius 1 is 1.05 bits per heavy atom. The molecule has 2 aromatic carbocycles. The summed E-state index contributed by atoms with van der Waals surface area (Å²) in [5.41, 5.74) is 8.08. The zero-order valence-electron chi connectivity index (χ0n) is 10.6. The van der Waals surface area contributed by atoms with Gasteiger partial charge in [0.25, 0.3) is 0 Å². The van der Waals surface area contributed by atoms with Crippen LogP contribution in [-0.2, 0) is 15.6 Å². The van der Waals surface area contributed by atoms with Crippen molar-refractivity contribution < 1.29 is 8.42 Å². The van der Waals surface area contributed by atoms with Crippen molar-refractivity contribution in [2.24, 2.45) is 0 Å². The number of sulfone groups is 1. The molecule has 0 bridgehead atoms. The molecule has 0 unspecified atom stereocenters. The summed E-state index contributed by atoms with van der Waals surface area (Å²) < 4.78 is 24.7. The molecule has 0 aliphatic heterocycles. The Hall–Kier alpha value is -2.34. The number of hydrogen-bond donors (Lipinski definition) is 2. The number of hydrogen-bond acceptors (Lipinski definition) is 4. The van der Waals surface area contributed by atoms with E-state index in [1.807, 2.05) is 18.2 Å². The summed E-state index contributed by atoms with van der Waals surface area (Å²) in [5.74, 6) is -0.0897. The normalized spacial score (nSPS) is 11.8. The smallest absolute Gasteiger partial charge is 0.226 e. The Balaban J connectivity index is 2.03. The van der Waals surface area contributed by atoms with Gasteiger partial charge in [0.2, 0.25) is 15.0 Å². The molecule has 0 saturated heterocycles. The number of aromatic nitrogens is 2. The monoisotopic (exact) mass is 287 g/mol. The molecule has 3 N–H and O–H groups in total. The van der Waals surface area contributed by atoms with Crippen LogP contribution in [0.1, 0.15) is 5.56 Å². The van der Waals surface area contributed by atoms with Crippen molar-refractivity contribution in [2.75, 3.05) is 5.73 Å². The summed E-state index contributed by atoms with van der Waals surface area (Å²) >= 11 is 0. The van der Waals surface area contributed by atoms with Crippen LogP contribution in [0.2, 0.25) is 0 Å². The SMILES string of the molecule is Nc1cccc2[nH]c(S(=O)(=O)Cc3ccccc3)nc12. The van der Waals surface area contributed by atoms with Gasteiger partial charge in [0.15, 0.2) is 0 Å². The first-order valence-electron chi connectivity index (χ1n) is 6.07. The first-order valence-corrected chi connectivity index (χ1v) is 7.72. The molecule has 0 aliphatic carbocycles. The van der Waals surface area contributed by atoms with E-state index in [1.165, 1.54) is 0 Å². The highest BCUT2D eigenvalue weighted by Gasteiger charge is 2.20. The van der Waals surface area contributed by atoms with Crippen LogP contribution < -0.4 is 5.73 Å². The second kappa shape index (κ2) is 4.64. The summed E-state index contributed by atoms with van der Waals surface area (Å²) in [6, 6.07) is 14.2. The van der Waals surface area contributed by atoms with Gasteiger partial charge in [-0.3, -0.25) is 0 Å². The molecular formula is C14H13N3O2S. The van der Waals surface area contributed by atoms with Crippen LogP contribution >= 0.6 is 0 Å². The minimum Gasteiger partial charge on any atom is -0.397 e. The van der Waals surface area contributed by atoms with Gasteiger partial charge in [0.1, 0.15) is 5.52 Å². The number of benzene rings is 2. The van der Waals surface area contributed by atoms with Crippen molar-refractivity contribution in [3.05, 3.63) is 54.1 Å². The molecule has 3 rings (SSSR count). The Morgan fingerprint density at radius 2 is 1.80 bits per heavy atom. The Bertz CT molecular complexity index is 855. The second-order valence-corrected chi connectivity index (χ2v) is 6.43. The lowest BCUT2D eigenvalue weighted by atomic mass is 10.2. The molecule has 0 aliphatic rings. The van der Waals surface area contributed by atoms with Gasteiger partial charge >= 0.3 is 0 Å². The van der Waals surface area contributed by atoms with Crippen LogP contribution in [0.5, 0.6) is 0 Å². The van der Waals surface area contributed by atoms with Crippen LogP contribution in [0, 0.1) is 0 Å². The first kappa shape index (κ1) is 12.7. The Kier molecular flexibility index (Phi) is 2.94. The number of imidazole rings is 1. The molecule has 0 atom stereocenters.